The molecule has 1 aliphatic heterocycles. The van der Waals surface area contributed by atoms with Crippen molar-refractivity contribution in [1.29, 1.82) is 5.26 Å². The van der Waals surface area contributed by atoms with Gasteiger partial charge in [0.2, 0.25) is 0 Å². The zero-order chi connectivity index (χ0) is 23.3. The van der Waals surface area contributed by atoms with E-state index in [0.29, 0.717) is 12.8 Å². The summed E-state index contributed by atoms with van der Waals surface area (Å²) in [6, 6.07) is 12.5. The molecule has 9 heteroatoms. The number of alkyl halides is 3. The van der Waals surface area contributed by atoms with Gasteiger partial charge in [-0.3, -0.25) is 9.69 Å². The first-order chi connectivity index (χ1) is 15.1. The highest BCUT2D eigenvalue weighted by molar-refractivity contribution is 7.81. The lowest BCUT2D eigenvalue weighted by Crippen LogP contribution is -2.55. The van der Waals surface area contributed by atoms with Crippen LogP contribution in [0.3, 0.4) is 0 Å². The topological polar surface area (TPSA) is 50.6 Å². The molecule has 0 N–H and O–H groups in total. The van der Waals surface area contributed by atoms with Crippen molar-refractivity contribution in [1.82, 2.24) is 4.90 Å². The first kappa shape index (κ1) is 22.2. The summed E-state index contributed by atoms with van der Waals surface area (Å²) in [5.74, 6) is -0.330. The largest absolute Gasteiger partial charge is 0.417 e. The van der Waals surface area contributed by atoms with Gasteiger partial charge in [-0.2, -0.15) is 18.4 Å². The minimum Gasteiger partial charge on any atom is -0.305 e. The van der Waals surface area contributed by atoms with E-state index in [-0.39, 0.29) is 16.7 Å². The number of thiocarbonyl (C=S) groups is 1. The molecule has 5 nitrogen and oxygen atoms in total. The SMILES string of the molecule is CN(C)Cc1ccc(N2C(=S)N(c3ccc(C#N)c(C(F)(F)F)c3)C(=O)C23CCC3)cc1. The number of nitrogens with zero attached hydrogens (tertiary/aromatic N) is 4. The lowest BCUT2D eigenvalue weighted by molar-refractivity contribution is -0.137. The summed E-state index contributed by atoms with van der Waals surface area (Å²) in [4.78, 5) is 18.5. The fraction of sp³-hybridized carbons (Fsp3) is 0.348. The number of carbonyl (C=O) groups excluding carboxylic acids is 1. The normalized spacial score (nSPS) is 17.8. The van der Waals surface area contributed by atoms with E-state index in [1.807, 2.05) is 43.3 Å². The van der Waals surface area contributed by atoms with Gasteiger partial charge in [0.25, 0.3) is 5.91 Å². The molecule has 0 atom stereocenters. The number of halogens is 3. The van der Waals surface area contributed by atoms with Gasteiger partial charge in [0, 0.05) is 12.2 Å². The molecule has 0 aromatic heterocycles. The Labute approximate surface area is 189 Å². The Balaban J connectivity index is 1.75. The molecule has 1 spiro atoms. The van der Waals surface area contributed by atoms with Crippen LogP contribution in [0.1, 0.15) is 36.0 Å². The van der Waals surface area contributed by atoms with E-state index in [0.717, 1.165) is 36.3 Å². The molecule has 1 amide bonds. The Bertz CT molecular complexity index is 1120. The van der Waals surface area contributed by atoms with Crippen molar-refractivity contribution < 1.29 is 18.0 Å². The predicted octanol–water partition coefficient (Wildman–Crippen LogP) is 4.70. The quantitative estimate of drug-likeness (QED) is 0.622. The van der Waals surface area contributed by atoms with Crippen LogP contribution in [0.5, 0.6) is 0 Å². The number of amides is 1. The van der Waals surface area contributed by atoms with Crippen molar-refractivity contribution in [3.05, 3.63) is 59.2 Å². The lowest BCUT2D eigenvalue weighted by Gasteiger charge is -2.43. The molecule has 1 saturated heterocycles. The zero-order valence-electron chi connectivity index (χ0n) is 17.6. The van der Waals surface area contributed by atoms with E-state index in [9.17, 15) is 18.0 Å². The highest BCUT2D eigenvalue weighted by Gasteiger charge is 2.59. The van der Waals surface area contributed by atoms with E-state index in [4.69, 9.17) is 17.5 Å². The highest BCUT2D eigenvalue weighted by Crippen LogP contribution is 2.48. The number of benzene rings is 2. The van der Waals surface area contributed by atoms with Gasteiger partial charge >= 0.3 is 6.18 Å². The molecule has 1 heterocycles. The van der Waals surface area contributed by atoms with E-state index in [1.165, 1.54) is 11.0 Å². The van der Waals surface area contributed by atoms with Gasteiger partial charge in [0.15, 0.2) is 5.11 Å². The summed E-state index contributed by atoms with van der Waals surface area (Å²) in [5, 5.41) is 9.22. The third kappa shape index (κ3) is 3.53. The van der Waals surface area contributed by atoms with Crippen molar-refractivity contribution in [2.24, 2.45) is 0 Å². The molecule has 2 aromatic rings. The minimum absolute atomic E-state index is 0.0179. The van der Waals surface area contributed by atoms with E-state index >= 15 is 0 Å². The van der Waals surface area contributed by atoms with E-state index in [1.54, 1.807) is 11.0 Å². The van der Waals surface area contributed by atoms with Gasteiger partial charge < -0.3 is 9.80 Å². The Morgan fingerprint density at radius 3 is 2.25 bits per heavy atom. The summed E-state index contributed by atoms with van der Waals surface area (Å²) in [5.41, 5.74) is -0.613. The first-order valence-corrected chi connectivity index (χ1v) is 10.5. The maximum Gasteiger partial charge on any atom is 0.417 e. The smallest absolute Gasteiger partial charge is 0.305 e. The van der Waals surface area contributed by atoms with Crippen LogP contribution in [-0.4, -0.2) is 35.6 Å². The minimum atomic E-state index is -4.72. The Morgan fingerprint density at radius 2 is 1.75 bits per heavy atom. The van der Waals surface area contributed by atoms with Crippen molar-refractivity contribution in [3.8, 4) is 6.07 Å². The molecule has 32 heavy (non-hydrogen) atoms. The second-order valence-corrected chi connectivity index (χ2v) is 8.75. The van der Waals surface area contributed by atoms with Crippen molar-refractivity contribution in [2.45, 2.75) is 37.5 Å². The number of nitriles is 1. The van der Waals surface area contributed by atoms with Gasteiger partial charge in [0.05, 0.1) is 22.9 Å². The van der Waals surface area contributed by atoms with Gasteiger partial charge in [-0.05, 0) is 81.5 Å². The summed E-state index contributed by atoms with van der Waals surface area (Å²) in [6.45, 7) is 0.756. The number of rotatable bonds is 4. The molecular formula is C23H21F3N4OS. The van der Waals surface area contributed by atoms with Crippen LogP contribution in [0.15, 0.2) is 42.5 Å². The van der Waals surface area contributed by atoms with Crippen LogP contribution >= 0.6 is 12.2 Å². The Morgan fingerprint density at radius 1 is 1.12 bits per heavy atom. The monoisotopic (exact) mass is 458 g/mol. The Hall–Kier alpha value is -2.96. The van der Waals surface area contributed by atoms with E-state index < -0.39 is 22.8 Å². The molecule has 2 aliphatic rings. The van der Waals surface area contributed by atoms with Crippen LogP contribution < -0.4 is 9.80 Å². The molecule has 0 radical (unpaired) electrons. The standard InChI is InChI=1S/C23H21F3N4OS/c1-28(2)14-15-4-7-17(8-5-15)30-21(32)29(20(31)22(30)10-3-11-22)18-9-6-16(13-27)19(12-18)23(24,25)26/h4-9,12H,3,10-11,14H2,1-2H3. The molecular weight excluding hydrogens is 437 g/mol. The van der Waals surface area contributed by atoms with Crippen LogP contribution in [0.2, 0.25) is 0 Å². The predicted molar refractivity (Wildman–Crippen MR) is 119 cm³/mol. The van der Waals surface area contributed by atoms with Gasteiger partial charge in [0.1, 0.15) is 5.54 Å². The number of anilines is 2. The van der Waals surface area contributed by atoms with Gasteiger partial charge in [-0.15, -0.1) is 0 Å². The fourth-order valence-corrected chi connectivity index (χ4v) is 4.80. The maximum atomic E-state index is 13.5. The van der Waals surface area contributed by atoms with Crippen LogP contribution in [0.25, 0.3) is 0 Å². The van der Waals surface area contributed by atoms with Crippen molar-refractivity contribution in [3.63, 3.8) is 0 Å². The number of carbonyl (C=O) groups is 1. The molecule has 1 saturated carbocycles. The average Bonchev–Trinajstić information content (AvgIpc) is 2.94. The molecule has 4 rings (SSSR count). The van der Waals surface area contributed by atoms with Crippen LogP contribution in [0, 0.1) is 11.3 Å². The highest BCUT2D eigenvalue weighted by atomic mass is 32.1. The van der Waals surface area contributed by atoms with Crippen LogP contribution in [0.4, 0.5) is 24.5 Å². The number of hydrogen-bond donors (Lipinski definition) is 0. The summed E-state index contributed by atoms with van der Waals surface area (Å²) in [6.07, 6.45) is -2.74. The molecule has 0 bridgehead atoms. The molecule has 166 valence electrons. The molecule has 1 aliphatic carbocycles. The molecule has 0 unspecified atom stereocenters. The summed E-state index contributed by atoms with van der Waals surface area (Å²) < 4.78 is 40.5. The molecule has 2 fully saturated rings. The molecule has 2 aromatic carbocycles. The maximum absolute atomic E-state index is 13.5. The summed E-state index contributed by atoms with van der Waals surface area (Å²) >= 11 is 5.63. The first-order valence-electron chi connectivity index (χ1n) is 10.1. The van der Waals surface area contributed by atoms with Gasteiger partial charge in [-0.25, -0.2) is 0 Å². The average molecular weight is 459 g/mol. The van der Waals surface area contributed by atoms with Crippen molar-refractivity contribution in [2.75, 3.05) is 23.9 Å². The Kier molecular flexibility index (Phi) is 5.47. The summed E-state index contributed by atoms with van der Waals surface area (Å²) in [7, 11) is 3.94. The van der Waals surface area contributed by atoms with Crippen LogP contribution in [-0.2, 0) is 17.5 Å². The van der Waals surface area contributed by atoms with Gasteiger partial charge in [-0.1, -0.05) is 12.1 Å². The third-order valence-corrected chi connectivity index (χ3v) is 6.34. The number of hydrogen-bond acceptors (Lipinski definition) is 4. The fourth-order valence-electron chi connectivity index (χ4n) is 4.33. The second kappa shape index (κ2) is 7.87. The third-order valence-electron chi connectivity index (χ3n) is 5.97. The zero-order valence-corrected chi connectivity index (χ0v) is 18.4. The lowest BCUT2D eigenvalue weighted by atomic mass is 9.75. The second-order valence-electron chi connectivity index (χ2n) is 8.39. The van der Waals surface area contributed by atoms with Crippen molar-refractivity contribution >= 4 is 34.6 Å². The van der Waals surface area contributed by atoms with E-state index in [2.05, 4.69) is 0 Å².